The van der Waals surface area contributed by atoms with Gasteiger partial charge in [-0.25, -0.2) is 4.90 Å². The standard InChI is InChI=1S/C18H15N3O4/c1-17-6-12(22)18(2,25-17)14-13(17)15(23)21(16(14)24)11-4-3-9(7-19)10(5-11)8-20/h3-5,12-14,22H,6H2,1-2H3/t12-,13+,14-,17-,18+/m0/s1. The third-order valence-corrected chi connectivity index (χ3v) is 5.80. The maximum atomic E-state index is 13.0. The Morgan fingerprint density at radius 1 is 1.16 bits per heavy atom. The largest absolute Gasteiger partial charge is 0.390 e. The summed E-state index contributed by atoms with van der Waals surface area (Å²) in [7, 11) is 0. The molecule has 5 atom stereocenters. The molecular formula is C18H15N3O4. The van der Waals surface area contributed by atoms with Crippen molar-refractivity contribution in [2.45, 2.75) is 37.6 Å². The quantitative estimate of drug-likeness (QED) is 0.760. The predicted octanol–water partition coefficient (Wildman–Crippen LogP) is 0.848. The minimum atomic E-state index is -1.09. The summed E-state index contributed by atoms with van der Waals surface area (Å²) in [4.78, 5) is 27.1. The number of benzene rings is 1. The Balaban J connectivity index is 1.81. The van der Waals surface area contributed by atoms with Gasteiger partial charge in [0.25, 0.3) is 0 Å². The number of aliphatic hydroxyl groups excluding tert-OH is 1. The molecule has 1 aromatic rings. The van der Waals surface area contributed by atoms with Gasteiger partial charge in [0.05, 0.1) is 40.4 Å². The van der Waals surface area contributed by atoms with Crippen molar-refractivity contribution in [2.75, 3.05) is 4.90 Å². The molecule has 2 bridgehead atoms. The third-order valence-electron chi connectivity index (χ3n) is 5.80. The monoisotopic (exact) mass is 337 g/mol. The molecule has 7 nitrogen and oxygen atoms in total. The Hall–Kier alpha value is -2.74. The average Bonchev–Trinajstić information content (AvgIpc) is 3.08. The van der Waals surface area contributed by atoms with Crippen molar-refractivity contribution in [3.8, 4) is 12.1 Å². The molecule has 3 fully saturated rings. The lowest BCUT2D eigenvalue weighted by Crippen LogP contribution is -2.49. The minimum absolute atomic E-state index is 0.106. The van der Waals surface area contributed by atoms with Gasteiger partial charge < -0.3 is 9.84 Å². The van der Waals surface area contributed by atoms with Crippen LogP contribution in [0.2, 0.25) is 0 Å². The second-order valence-corrected chi connectivity index (χ2v) is 7.24. The van der Waals surface area contributed by atoms with E-state index in [1.54, 1.807) is 13.8 Å². The Bertz CT molecular complexity index is 914. The number of fused-ring (bicyclic) bond motifs is 5. The van der Waals surface area contributed by atoms with Crippen LogP contribution in [-0.2, 0) is 14.3 Å². The van der Waals surface area contributed by atoms with Gasteiger partial charge in [0.15, 0.2) is 0 Å². The summed E-state index contributed by atoms with van der Waals surface area (Å²) in [5.74, 6) is -2.24. The van der Waals surface area contributed by atoms with Crippen LogP contribution >= 0.6 is 0 Å². The number of nitriles is 2. The van der Waals surface area contributed by atoms with E-state index in [0.29, 0.717) is 6.42 Å². The van der Waals surface area contributed by atoms with Crippen LogP contribution in [0.15, 0.2) is 18.2 Å². The Kier molecular flexibility index (Phi) is 2.94. The molecule has 126 valence electrons. The number of rotatable bonds is 1. The molecule has 0 spiro atoms. The normalized spacial score (nSPS) is 38.6. The predicted molar refractivity (Wildman–Crippen MR) is 83.9 cm³/mol. The summed E-state index contributed by atoms with van der Waals surface area (Å²) in [6, 6.07) is 8.09. The highest BCUT2D eigenvalue weighted by Gasteiger charge is 2.75. The van der Waals surface area contributed by atoms with E-state index in [1.165, 1.54) is 18.2 Å². The molecule has 3 aliphatic heterocycles. The topological polar surface area (TPSA) is 114 Å². The fraction of sp³-hybridized carbons (Fsp3) is 0.444. The number of nitrogens with zero attached hydrogens (tertiary/aromatic N) is 3. The molecule has 7 heteroatoms. The van der Waals surface area contributed by atoms with Crippen LogP contribution in [0.4, 0.5) is 5.69 Å². The number of aliphatic hydroxyl groups is 1. The molecule has 2 amide bonds. The Morgan fingerprint density at radius 2 is 1.80 bits per heavy atom. The number of carbonyl (C=O) groups excluding carboxylic acids is 2. The van der Waals surface area contributed by atoms with Gasteiger partial charge in [0.1, 0.15) is 17.7 Å². The summed E-state index contributed by atoms with van der Waals surface area (Å²) >= 11 is 0. The number of carbonyl (C=O) groups is 2. The number of ether oxygens (including phenoxy) is 1. The van der Waals surface area contributed by atoms with Gasteiger partial charge >= 0.3 is 0 Å². The van der Waals surface area contributed by atoms with Crippen molar-refractivity contribution in [3.63, 3.8) is 0 Å². The van der Waals surface area contributed by atoms with Crippen LogP contribution in [0, 0.1) is 34.5 Å². The van der Waals surface area contributed by atoms with Crippen LogP contribution < -0.4 is 4.90 Å². The molecule has 3 saturated heterocycles. The zero-order valence-electron chi connectivity index (χ0n) is 13.7. The van der Waals surface area contributed by atoms with Gasteiger partial charge in [-0.2, -0.15) is 10.5 Å². The minimum Gasteiger partial charge on any atom is -0.390 e. The molecule has 0 unspecified atom stereocenters. The second-order valence-electron chi connectivity index (χ2n) is 7.24. The first-order valence-electron chi connectivity index (χ1n) is 7.97. The van der Waals surface area contributed by atoms with Crippen LogP contribution in [0.25, 0.3) is 0 Å². The van der Waals surface area contributed by atoms with Gasteiger partial charge in [0.2, 0.25) is 11.8 Å². The number of anilines is 1. The maximum absolute atomic E-state index is 13.0. The molecule has 1 aromatic carbocycles. The lowest BCUT2D eigenvalue weighted by Gasteiger charge is -2.31. The zero-order chi connectivity index (χ0) is 18.1. The summed E-state index contributed by atoms with van der Waals surface area (Å²) in [6.45, 7) is 3.42. The SMILES string of the molecule is C[C@@]12O[C@@](C)(C[C@@H]1O)[C@H]1C(=O)N(c3ccc(C#N)c(C#N)c3)C(=O)[C@H]12. The van der Waals surface area contributed by atoms with Crippen LogP contribution in [0.3, 0.4) is 0 Å². The first-order valence-corrected chi connectivity index (χ1v) is 7.97. The van der Waals surface area contributed by atoms with E-state index in [-0.39, 0.29) is 22.7 Å². The molecule has 4 rings (SSSR count). The van der Waals surface area contributed by atoms with E-state index in [0.717, 1.165) is 4.90 Å². The molecule has 25 heavy (non-hydrogen) atoms. The maximum Gasteiger partial charge on any atom is 0.240 e. The highest BCUT2D eigenvalue weighted by atomic mass is 16.6. The third kappa shape index (κ3) is 1.74. The van der Waals surface area contributed by atoms with Gasteiger partial charge in [-0.1, -0.05) is 0 Å². The fourth-order valence-corrected chi connectivity index (χ4v) is 4.64. The Labute approximate surface area is 144 Å². The lowest BCUT2D eigenvalue weighted by molar-refractivity contribution is -0.132. The molecule has 3 heterocycles. The van der Waals surface area contributed by atoms with Gasteiger partial charge in [-0.05, 0) is 32.0 Å². The van der Waals surface area contributed by atoms with Crippen molar-refractivity contribution in [1.82, 2.24) is 0 Å². The number of amides is 2. The number of hydrogen-bond acceptors (Lipinski definition) is 6. The second kappa shape index (κ2) is 4.66. The van der Waals surface area contributed by atoms with Crippen LogP contribution in [-0.4, -0.2) is 34.2 Å². The molecule has 0 saturated carbocycles. The van der Waals surface area contributed by atoms with E-state index in [4.69, 9.17) is 10.00 Å². The van der Waals surface area contributed by atoms with E-state index < -0.39 is 35.0 Å². The molecular weight excluding hydrogens is 322 g/mol. The number of hydrogen-bond donors (Lipinski definition) is 1. The van der Waals surface area contributed by atoms with E-state index in [2.05, 4.69) is 0 Å². The van der Waals surface area contributed by atoms with E-state index >= 15 is 0 Å². The van der Waals surface area contributed by atoms with Gasteiger partial charge in [-0.3, -0.25) is 9.59 Å². The van der Waals surface area contributed by atoms with Crippen molar-refractivity contribution in [3.05, 3.63) is 29.3 Å². The molecule has 1 N–H and O–H groups in total. The summed E-state index contributed by atoms with van der Waals surface area (Å²) in [6.07, 6.45) is -0.514. The zero-order valence-corrected chi connectivity index (χ0v) is 13.7. The summed E-state index contributed by atoms with van der Waals surface area (Å²) in [5, 5.41) is 28.5. The van der Waals surface area contributed by atoms with Gasteiger partial charge in [-0.15, -0.1) is 0 Å². The summed E-state index contributed by atoms with van der Waals surface area (Å²) < 4.78 is 5.92. The van der Waals surface area contributed by atoms with E-state index in [1.807, 2.05) is 12.1 Å². The lowest BCUT2D eigenvalue weighted by atomic mass is 9.67. The van der Waals surface area contributed by atoms with Crippen molar-refractivity contribution < 1.29 is 19.4 Å². The molecule has 0 aliphatic carbocycles. The average molecular weight is 337 g/mol. The van der Waals surface area contributed by atoms with Crippen molar-refractivity contribution in [2.24, 2.45) is 11.8 Å². The fourth-order valence-electron chi connectivity index (χ4n) is 4.64. The van der Waals surface area contributed by atoms with Crippen molar-refractivity contribution >= 4 is 17.5 Å². The Morgan fingerprint density at radius 3 is 2.44 bits per heavy atom. The molecule has 0 radical (unpaired) electrons. The molecule has 0 aromatic heterocycles. The van der Waals surface area contributed by atoms with Crippen LogP contribution in [0.5, 0.6) is 0 Å². The van der Waals surface area contributed by atoms with Crippen molar-refractivity contribution in [1.29, 1.82) is 10.5 Å². The first kappa shape index (κ1) is 15.8. The smallest absolute Gasteiger partial charge is 0.240 e. The van der Waals surface area contributed by atoms with Crippen LogP contribution in [0.1, 0.15) is 31.4 Å². The van der Waals surface area contributed by atoms with E-state index in [9.17, 15) is 20.0 Å². The highest BCUT2D eigenvalue weighted by molar-refractivity contribution is 6.23. The molecule has 3 aliphatic rings. The highest BCUT2D eigenvalue weighted by Crippen LogP contribution is 2.60. The number of imide groups is 1. The summed E-state index contributed by atoms with van der Waals surface area (Å²) in [5.41, 5.74) is -1.42. The first-order chi connectivity index (χ1) is 11.8. The van der Waals surface area contributed by atoms with Gasteiger partial charge in [0, 0.05) is 6.42 Å².